The Labute approximate surface area is 222 Å². The van der Waals surface area contributed by atoms with Gasteiger partial charge in [0, 0.05) is 42.5 Å². The zero-order chi connectivity index (χ0) is 27.4. The fraction of sp³-hybridized carbons (Fsp3) is 0.464. The van der Waals surface area contributed by atoms with Gasteiger partial charge in [0.15, 0.2) is 0 Å². The van der Waals surface area contributed by atoms with Crippen molar-refractivity contribution in [1.29, 1.82) is 0 Å². The maximum absolute atomic E-state index is 13.8. The molecule has 10 nitrogen and oxygen atoms in total. The molecule has 0 saturated carbocycles. The van der Waals surface area contributed by atoms with Crippen LogP contribution in [0.4, 0.5) is 11.4 Å². The van der Waals surface area contributed by atoms with Gasteiger partial charge in [-0.25, -0.2) is 0 Å². The van der Waals surface area contributed by atoms with Crippen LogP contribution in [-0.4, -0.2) is 70.8 Å². The molecule has 1 atom stereocenters. The molecule has 1 N–H and O–H groups in total. The van der Waals surface area contributed by atoms with Crippen molar-refractivity contribution in [3.05, 3.63) is 69.8 Å². The van der Waals surface area contributed by atoms with E-state index in [9.17, 15) is 24.5 Å². The highest BCUT2D eigenvalue weighted by Crippen LogP contribution is 2.39. The van der Waals surface area contributed by atoms with Gasteiger partial charge in [0.25, 0.3) is 17.5 Å². The lowest BCUT2D eigenvalue weighted by Gasteiger charge is -2.43. The number of carbonyl (C=O) groups excluding carboxylic acids is 3. The number of rotatable bonds is 8. The molecule has 2 aromatic rings. The Hall–Kier alpha value is -3.95. The van der Waals surface area contributed by atoms with Gasteiger partial charge in [0.2, 0.25) is 5.91 Å². The number of likely N-dealkylation sites (tertiary alicyclic amines) is 1. The number of hydrogen-bond donors (Lipinski definition) is 1. The van der Waals surface area contributed by atoms with Crippen LogP contribution in [0.1, 0.15) is 49.0 Å². The van der Waals surface area contributed by atoms with Gasteiger partial charge in [-0.05, 0) is 43.9 Å². The van der Waals surface area contributed by atoms with E-state index >= 15 is 0 Å². The summed E-state index contributed by atoms with van der Waals surface area (Å²) < 4.78 is 0. The second-order valence-electron chi connectivity index (χ2n) is 10.3. The largest absolute Gasteiger partial charge is 0.354 e. The third-order valence-electron chi connectivity index (χ3n) is 7.79. The minimum atomic E-state index is -0.867. The van der Waals surface area contributed by atoms with Gasteiger partial charge in [-0.15, -0.1) is 0 Å². The third-order valence-corrected chi connectivity index (χ3v) is 7.79. The summed E-state index contributed by atoms with van der Waals surface area (Å²) in [7, 11) is 0. The standard InChI is InChI=1S/C28H35N5O5/c1-4-20(2)17-29-25(34)18-31-19-32(23-8-6-5-7-9-23)28(27(31)36)12-14-30(15-13-28)26(35)22-11-10-21(3)24(16-22)33(37)38/h5-11,16,20H,4,12-15,17-19H2,1-3H3,(H,29,34). The fourth-order valence-electron chi connectivity index (χ4n) is 5.19. The molecule has 0 aromatic heterocycles. The van der Waals surface area contributed by atoms with Crippen LogP contribution in [0.25, 0.3) is 0 Å². The van der Waals surface area contributed by atoms with E-state index in [1.165, 1.54) is 6.07 Å². The van der Waals surface area contributed by atoms with Gasteiger partial charge >= 0.3 is 0 Å². The zero-order valence-corrected chi connectivity index (χ0v) is 22.2. The Morgan fingerprint density at radius 2 is 1.82 bits per heavy atom. The van der Waals surface area contributed by atoms with Crippen molar-refractivity contribution in [2.24, 2.45) is 5.92 Å². The molecule has 38 heavy (non-hydrogen) atoms. The van der Waals surface area contributed by atoms with Gasteiger partial charge in [-0.2, -0.15) is 0 Å². The van der Waals surface area contributed by atoms with Gasteiger partial charge in [-0.1, -0.05) is 44.5 Å². The average molecular weight is 522 g/mol. The smallest absolute Gasteiger partial charge is 0.273 e. The van der Waals surface area contributed by atoms with Crippen molar-refractivity contribution in [2.45, 2.75) is 45.6 Å². The highest BCUT2D eigenvalue weighted by atomic mass is 16.6. The molecule has 0 radical (unpaired) electrons. The number of amides is 3. The van der Waals surface area contributed by atoms with Crippen molar-refractivity contribution >= 4 is 29.1 Å². The minimum Gasteiger partial charge on any atom is -0.354 e. The minimum absolute atomic E-state index is 0.0178. The molecule has 4 rings (SSSR count). The maximum Gasteiger partial charge on any atom is 0.273 e. The number of benzene rings is 2. The number of hydrogen-bond acceptors (Lipinski definition) is 6. The van der Waals surface area contributed by atoms with E-state index in [-0.39, 0.29) is 42.2 Å². The molecule has 1 unspecified atom stereocenters. The van der Waals surface area contributed by atoms with Crippen LogP contribution in [0.15, 0.2) is 48.5 Å². The molecule has 3 amide bonds. The van der Waals surface area contributed by atoms with E-state index in [0.29, 0.717) is 44.0 Å². The first-order valence-corrected chi connectivity index (χ1v) is 13.1. The van der Waals surface area contributed by atoms with Crippen molar-refractivity contribution in [1.82, 2.24) is 15.1 Å². The van der Waals surface area contributed by atoms with Crippen LogP contribution < -0.4 is 10.2 Å². The van der Waals surface area contributed by atoms with Gasteiger partial charge in [0.05, 0.1) is 11.6 Å². The zero-order valence-electron chi connectivity index (χ0n) is 22.2. The number of anilines is 1. The Morgan fingerprint density at radius 3 is 2.45 bits per heavy atom. The lowest BCUT2D eigenvalue weighted by molar-refractivity contribution is -0.385. The Bertz CT molecular complexity index is 1210. The Balaban J connectivity index is 1.52. The summed E-state index contributed by atoms with van der Waals surface area (Å²) in [4.78, 5) is 55.9. The number of aryl methyl sites for hydroxylation is 1. The summed E-state index contributed by atoms with van der Waals surface area (Å²) in [5.74, 6) is -0.228. The molecule has 2 aromatic carbocycles. The van der Waals surface area contributed by atoms with Gasteiger partial charge in [-0.3, -0.25) is 24.5 Å². The lowest BCUT2D eigenvalue weighted by atomic mass is 9.85. The van der Waals surface area contributed by atoms with Crippen LogP contribution >= 0.6 is 0 Å². The van der Waals surface area contributed by atoms with E-state index < -0.39 is 10.5 Å². The number of nitrogens with one attached hydrogen (secondary N) is 1. The second kappa shape index (κ2) is 11.2. The van der Waals surface area contributed by atoms with Crippen LogP contribution in [0.5, 0.6) is 0 Å². The Kier molecular flexibility index (Phi) is 7.99. The SMILES string of the molecule is CCC(C)CNC(=O)CN1CN(c2ccccc2)C2(CCN(C(=O)c3ccc(C)c([N+](=O)[O-])c3)CC2)C1=O. The van der Waals surface area contributed by atoms with E-state index in [0.717, 1.165) is 12.1 Å². The van der Waals surface area contributed by atoms with E-state index in [2.05, 4.69) is 24.1 Å². The fourth-order valence-corrected chi connectivity index (χ4v) is 5.19. The molecule has 2 aliphatic heterocycles. The third kappa shape index (κ3) is 5.34. The molecule has 2 saturated heterocycles. The molecule has 10 heteroatoms. The number of nitro groups is 1. The molecular formula is C28H35N5O5. The van der Waals surface area contributed by atoms with Crippen LogP contribution in [0.2, 0.25) is 0 Å². The predicted molar refractivity (Wildman–Crippen MR) is 144 cm³/mol. The predicted octanol–water partition coefficient (Wildman–Crippen LogP) is 3.35. The Morgan fingerprint density at radius 1 is 1.13 bits per heavy atom. The topological polar surface area (TPSA) is 116 Å². The summed E-state index contributed by atoms with van der Waals surface area (Å²) in [6.07, 6.45) is 1.75. The number of nitro benzene ring substituents is 1. The monoisotopic (exact) mass is 521 g/mol. The summed E-state index contributed by atoms with van der Waals surface area (Å²) >= 11 is 0. The van der Waals surface area contributed by atoms with Crippen molar-refractivity contribution in [3.63, 3.8) is 0 Å². The van der Waals surface area contributed by atoms with Crippen molar-refractivity contribution < 1.29 is 19.3 Å². The number of nitrogens with zero attached hydrogens (tertiary/aromatic N) is 4. The number of para-hydroxylation sites is 1. The van der Waals surface area contributed by atoms with E-state index in [1.54, 1.807) is 28.9 Å². The summed E-state index contributed by atoms with van der Waals surface area (Å²) in [5.41, 5.74) is 0.682. The number of carbonyl (C=O) groups is 3. The molecule has 1 spiro atoms. The highest BCUT2D eigenvalue weighted by Gasteiger charge is 2.54. The summed E-state index contributed by atoms with van der Waals surface area (Å²) in [5, 5.41) is 14.3. The molecular weight excluding hydrogens is 486 g/mol. The van der Waals surface area contributed by atoms with Crippen molar-refractivity contribution in [3.8, 4) is 0 Å². The highest BCUT2D eigenvalue weighted by molar-refractivity contribution is 5.98. The first-order valence-electron chi connectivity index (χ1n) is 13.1. The lowest BCUT2D eigenvalue weighted by Crippen LogP contribution is -2.57. The molecule has 202 valence electrons. The van der Waals surface area contributed by atoms with Gasteiger partial charge < -0.3 is 20.0 Å². The quantitative estimate of drug-likeness (QED) is 0.421. The van der Waals surface area contributed by atoms with Crippen LogP contribution in [-0.2, 0) is 9.59 Å². The molecule has 0 bridgehead atoms. The summed E-state index contributed by atoms with van der Waals surface area (Å²) in [6.45, 7) is 7.26. The maximum atomic E-state index is 13.8. The average Bonchev–Trinajstić information content (AvgIpc) is 3.18. The van der Waals surface area contributed by atoms with Gasteiger partial charge in [0.1, 0.15) is 12.1 Å². The summed E-state index contributed by atoms with van der Waals surface area (Å²) in [6, 6.07) is 14.1. The van der Waals surface area contributed by atoms with E-state index in [1.807, 2.05) is 30.3 Å². The molecule has 2 aliphatic rings. The first kappa shape index (κ1) is 27.1. The second-order valence-corrected chi connectivity index (χ2v) is 10.3. The number of piperidine rings is 1. The normalized spacial score (nSPS) is 17.6. The van der Waals surface area contributed by atoms with Crippen LogP contribution in [0, 0.1) is 23.0 Å². The molecule has 0 aliphatic carbocycles. The van der Waals surface area contributed by atoms with Crippen LogP contribution in [0.3, 0.4) is 0 Å². The first-order chi connectivity index (χ1) is 18.2. The van der Waals surface area contributed by atoms with Crippen molar-refractivity contribution in [2.75, 3.05) is 37.7 Å². The molecule has 2 heterocycles. The molecule has 2 fully saturated rings. The van der Waals surface area contributed by atoms with E-state index in [4.69, 9.17) is 0 Å².